The van der Waals surface area contributed by atoms with Crippen LogP contribution in [-0.2, 0) is 0 Å². The van der Waals surface area contributed by atoms with Gasteiger partial charge in [0.1, 0.15) is 0 Å². The summed E-state index contributed by atoms with van der Waals surface area (Å²) >= 11 is 0. The van der Waals surface area contributed by atoms with Gasteiger partial charge in [0, 0.05) is 12.1 Å². The minimum atomic E-state index is -0.725. The largest absolute Gasteiger partial charge is 0.391 e. The van der Waals surface area contributed by atoms with Gasteiger partial charge in [-0.1, -0.05) is 12.1 Å². The van der Waals surface area contributed by atoms with Crippen LogP contribution in [0.25, 0.3) is 0 Å². The first kappa shape index (κ1) is 10.6. The van der Waals surface area contributed by atoms with Crippen molar-refractivity contribution in [2.24, 2.45) is 5.73 Å². The Balaban J connectivity index is 2.99. The van der Waals surface area contributed by atoms with Gasteiger partial charge >= 0.3 is 0 Å². The van der Waals surface area contributed by atoms with Gasteiger partial charge in [-0.05, 0) is 12.5 Å². The number of hydrogen-bond acceptors (Lipinski definition) is 4. The van der Waals surface area contributed by atoms with E-state index in [9.17, 15) is 15.2 Å². The van der Waals surface area contributed by atoms with Crippen molar-refractivity contribution in [1.29, 1.82) is 0 Å². The van der Waals surface area contributed by atoms with Gasteiger partial charge in [-0.3, -0.25) is 10.1 Å². The van der Waals surface area contributed by atoms with Gasteiger partial charge in [-0.25, -0.2) is 0 Å². The summed E-state index contributed by atoms with van der Waals surface area (Å²) in [4.78, 5) is 9.96. The third-order valence-corrected chi connectivity index (χ3v) is 1.99. The van der Waals surface area contributed by atoms with Crippen LogP contribution in [0.3, 0.4) is 0 Å². The first-order chi connectivity index (χ1) is 6.52. The Labute approximate surface area is 81.3 Å². The molecule has 1 aromatic carbocycles. The Hall–Kier alpha value is -1.46. The molecule has 0 aromatic heterocycles. The van der Waals surface area contributed by atoms with Crippen LogP contribution in [-0.4, -0.2) is 16.1 Å². The van der Waals surface area contributed by atoms with Crippen molar-refractivity contribution in [1.82, 2.24) is 0 Å². The molecule has 1 rings (SSSR count). The molecule has 0 saturated heterocycles. The highest BCUT2D eigenvalue weighted by Gasteiger charge is 2.14. The van der Waals surface area contributed by atoms with E-state index in [-0.39, 0.29) is 5.69 Å². The van der Waals surface area contributed by atoms with Gasteiger partial charge in [0.25, 0.3) is 5.69 Å². The molecule has 2 atom stereocenters. The molecule has 0 aliphatic heterocycles. The molecule has 76 valence electrons. The molecule has 0 unspecified atom stereocenters. The maximum absolute atomic E-state index is 10.4. The molecular weight excluding hydrogens is 184 g/mol. The molecule has 0 fully saturated rings. The lowest BCUT2D eigenvalue weighted by Gasteiger charge is -2.14. The van der Waals surface area contributed by atoms with Gasteiger partial charge in [0.05, 0.1) is 17.1 Å². The summed E-state index contributed by atoms with van der Waals surface area (Å²) in [5.74, 6) is 0. The number of nitrogens with zero attached hydrogens (tertiary/aromatic N) is 1. The average molecular weight is 196 g/mol. The quantitative estimate of drug-likeness (QED) is 0.557. The highest BCUT2D eigenvalue weighted by atomic mass is 16.6. The number of aliphatic hydroxyl groups is 1. The van der Waals surface area contributed by atoms with Crippen LogP contribution in [0.1, 0.15) is 18.5 Å². The fourth-order valence-corrected chi connectivity index (χ4v) is 1.12. The molecule has 0 heterocycles. The highest BCUT2D eigenvalue weighted by Crippen LogP contribution is 2.19. The third-order valence-electron chi connectivity index (χ3n) is 1.99. The van der Waals surface area contributed by atoms with Gasteiger partial charge in [0.2, 0.25) is 0 Å². The lowest BCUT2D eigenvalue weighted by atomic mass is 10.0. The standard InChI is InChI=1S/C9H12N2O3/c1-6(12)9(10)7-3-2-4-8(5-7)11(13)14/h2-6,9,12H,10H2,1H3/t6-,9-/m0/s1. The molecule has 5 nitrogen and oxygen atoms in total. The predicted molar refractivity (Wildman–Crippen MR) is 51.7 cm³/mol. The number of aliphatic hydroxyl groups excluding tert-OH is 1. The summed E-state index contributed by atoms with van der Waals surface area (Å²) in [7, 11) is 0. The van der Waals surface area contributed by atoms with Crippen LogP contribution in [0, 0.1) is 10.1 Å². The van der Waals surface area contributed by atoms with Crippen LogP contribution in [0.2, 0.25) is 0 Å². The Morgan fingerprint density at radius 3 is 2.71 bits per heavy atom. The summed E-state index contributed by atoms with van der Waals surface area (Å²) in [6.45, 7) is 1.55. The monoisotopic (exact) mass is 196 g/mol. The SMILES string of the molecule is C[C@H](O)[C@H](N)c1cccc([N+](=O)[O-])c1. The van der Waals surface area contributed by atoms with E-state index in [1.54, 1.807) is 19.1 Å². The van der Waals surface area contributed by atoms with Gasteiger partial charge in [-0.2, -0.15) is 0 Å². The molecular formula is C9H12N2O3. The van der Waals surface area contributed by atoms with Crippen molar-refractivity contribution in [3.8, 4) is 0 Å². The Morgan fingerprint density at radius 2 is 2.21 bits per heavy atom. The smallest absolute Gasteiger partial charge is 0.269 e. The minimum Gasteiger partial charge on any atom is -0.391 e. The van der Waals surface area contributed by atoms with Crippen LogP contribution in [0.5, 0.6) is 0 Å². The zero-order chi connectivity index (χ0) is 10.7. The van der Waals surface area contributed by atoms with Crippen molar-refractivity contribution >= 4 is 5.69 Å². The van der Waals surface area contributed by atoms with Crippen molar-refractivity contribution in [3.63, 3.8) is 0 Å². The van der Waals surface area contributed by atoms with Gasteiger partial charge in [0.15, 0.2) is 0 Å². The molecule has 1 aromatic rings. The number of rotatable bonds is 3. The zero-order valence-corrected chi connectivity index (χ0v) is 7.75. The predicted octanol–water partition coefficient (Wildman–Crippen LogP) is 0.975. The molecule has 5 heteroatoms. The molecule has 0 saturated carbocycles. The van der Waals surface area contributed by atoms with Crippen molar-refractivity contribution in [3.05, 3.63) is 39.9 Å². The minimum absolute atomic E-state index is 0.0152. The van der Waals surface area contributed by atoms with Crippen molar-refractivity contribution in [2.75, 3.05) is 0 Å². The zero-order valence-electron chi connectivity index (χ0n) is 7.75. The van der Waals surface area contributed by atoms with Gasteiger partial charge < -0.3 is 10.8 Å². The molecule has 0 amide bonds. The Morgan fingerprint density at radius 1 is 1.57 bits per heavy atom. The molecule has 0 aliphatic rings. The van der Waals surface area contributed by atoms with Crippen molar-refractivity contribution < 1.29 is 10.0 Å². The summed E-state index contributed by atoms with van der Waals surface area (Å²) < 4.78 is 0. The van der Waals surface area contributed by atoms with E-state index in [0.717, 1.165) is 0 Å². The van der Waals surface area contributed by atoms with Crippen LogP contribution >= 0.6 is 0 Å². The van der Waals surface area contributed by atoms with E-state index in [0.29, 0.717) is 5.56 Å². The maximum atomic E-state index is 10.4. The van der Waals surface area contributed by atoms with E-state index in [4.69, 9.17) is 5.73 Å². The normalized spacial score (nSPS) is 14.8. The lowest BCUT2D eigenvalue weighted by Crippen LogP contribution is -2.23. The molecule has 0 radical (unpaired) electrons. The number of nitro benzene ring substituents is 1. The second kappa shape index (κ2) is 4.17. The molecule has 0 spiro atoms. The second-order valence-corrected chi connectivity index (χ2v) is 3.12. The van der Waals surface area contributed by atoms with E-state index >= 15 is 0 Å². The average Bonchev–Trinajstić information content (AvgIpc) is 2.16. The number of non-ortho nitro benzene ring substituents is 1. The first-order valence-corrected chi connectivity index (χ1v) is 4.20. The number of nitrogens with two attached hydrogens (primary N) is 1. The summed E-state index contributed by atoms with van der Waals surface area (Å²) in [5.41, 5.74) is 6.18. The number of nitro groups is 1. The summed E-state index contributed by atoms with van der Waals surface area (Å²) in [6, 6.07) is 5.38. The topological polar surface area (TPSA) is 89.4 Å². The van der Waals surface area contributed by atoms with E-state index < -0.39 is 17.1 Å². The molecule has 0 bridgehead atoms. The van der Waals surface area contributed by atoms with E-state index in [2.05, 4.69) is 0 Å². The maximum Gasteiger partial charge on any atom is 0.269 e. The molecule has 14 heavy (non-hydrogen) atoms. The second-order valence-electron chi connectivity index (χ2n) is 3.12. The fraction of sp³-hybridized carbons (Fsp3) is 0.333. The Bertz CT molecular complexity index is 339. The van der Waals surface area contributed by atoms with Gasteiger partial charge in [-0.15, -0.1) is 0 Å². The number of benzene rings is 1. The van der Waals surface area contributed by atoms with Crippen molar-refractivity contribution in [2.45, 2.75) is 19.1 Å². The lowest BCUT2D eigenvalue weighted by molar-refractivity contribution is -0.384. The Kier molecular flexibility index (Phi) is 3.16. The van der Waals surface area contributed by atoms with Crippen LogP contribution < -0.4 is 5.73 Å². The molecule has 3 N–H and O–H groups in total. The van der Waals surface area contributed by atoms with Crippen LogP contribution in [0.4, 0.5) is 5.69 Å². The van der Waals surface area contributed by atoms with Crippen LogP contribution in [0.15, 0.2) is 24.3 Å². The van der Waals surface area contributed by atoms with E-state index in [1.807, 2.05) is 0 Å². The number of hydrogen-bond donors (Lipinski definition) is 2. The summed E-state index contributed by atoms with van der Waals surface area (Å²) in [6.07, 6.45) is -0.725. The van der Waals surface area contributed by atoms with E-state index in [1.165, 1.54) is 12.1 Å². The third kappa shape index (κ3) is 2.27. The fourth-order valence-electron chi connectivity index (χ4n) is 1.12. The summed E-state index contributed by atoms with van der Waals surface area (Å²) in [5, 5.41) is 19.7. The first-order valence-electron chi connectivity index (χ1n) is 4.20. The molecule has 0 aliphatic carbocycles. The highest BCUT2D eigenvalue weighted by molar-refractivity contribution is 5.35.